The largest absolute Gasteiger partial charge is 0.378 e. The highest BCUT2D eigenvalue weighted by atomic mass is 16.6. The van der Waals surface area contributed by atoms with Gasteiger partial charge in [0.25, 0.3) is 11.4 Å². The maximum absolute atomic E-state index is 10.9. The molecule has 10 nitrogen and oxygen atoms in total. The SMILES string of the molecule is O=[N+]([O-])c1ccc(C=C2CCC(C=NN=Cc3cccc([N+](=O)[O-])c3)=C2N2CCOCC2)cc1. The van der Waals surface area contributed by atoms with Gasteiger partial charge in [-0.1, -0.05) is 12.1 Å². The van der Waals surface area contributed by atoms with E-state index in [1.807, 2.05) is 0 Å². The van der Waals surface area contributed by atoms with E-state index in [9.17, 15) is 20.2 Å². The molecular formula is C24H23N5O5. The quantitative estimate of drug-likeness (QED) is 0.343. The van der Waals surface area contributed by atoms with Gasteiger partial charge in [0.15, 0.2) is 0 Å². The Bertz CT molecular complexity index is 1190. The van der Waals surface area contributed by atoms with Crippen molar-refractivity contribution >= 4 is 29.9 Å². The number of nitrogens with zero attached hydrogens (tertiary/aromatic N) is 5. The van der Waals surface area contributed by atoms with E-state index in [-0.39, 0.29) is 11.4 Å². The summed E-state index contributed by atoms with van der Waals surface area (Å²) in [6.45, 7) is 2.82. The average Bonchev–Trinajstić information content (AvgIpc) is 3.25. The average molecular weight is 461 g/mol. The molecule has 0 bridgehead atoms. The molecule has 0 radical (unpaired) electrons. The Morgan fingerprint density at radius 2 is 1.56 bits per heavy atom. The third-order valence-corrected chi connectivity index (χ3v) is 5.61. The van der Waals surface area contributed by atoms with Crippen molar-refractivity contribution < 1.29 is 14.6 Å². The van der Waals surface area contributed by atoms with E-state index < -0.39 is 9.85 Å². The van der Waals surface area contributed by atoms with Crippen LogP contribution >= 0.6 is 0 Å². The number of nitro groups is 2. The van der Waals surface area contributed by atoms with Crippen LogP contribution in [0.15, 0.2) is 75.6 Å². The molecule has 1 heterocycles. The molecule has 2 aromatic rings. The highest BCUT2D eigenvalue weighted by molar-refractivity contribution is 5.85. The fourth-order valence-corrected chi connectivity index (χ4v) is 3.99. The van der Waals surface area contributed by atoms with Gasteiger partial charge in [-0.25, -0.2) is 0 Å². The van der Waals surface area contributed by atoms with E-state index in [4.69, 9.17) is 4.74 Å². The first-order valence-electron chi connectivity index (χ1n) is 10.8. The summed E-state index contributed by atoms with van der Waals surface area (Å²) in [6, 6.07) is 12.7. The maximum Gasteiger partial charge on any atom is 0.270 e. The number of nitro benzene ring substituents is 2. The van der Waals surface area contributed by atoms with Crippen LogP contribution in [0.25, 0.3) is 6.08 Å². The van der Waals surface area contributed by atoms with Crippen molar-refractivity contribution in [1.82, 2.24) is 4.90 Å². The second-order valence-corrected chi connectivity index (χ2v) is 7.83. The van der Waals surface area contributed by atoms with Crippen LogP contribution in [-0.4, -0.2) is 53.5 Å². The second kappa shape index (κ2) is 10.6. The van der Waals surface area contributed by atoms with E-state index in [1.165, 1.54) is 30.5 Å². The van der Waals surface area contributed by atoms with Crippen LogP contribution in [0.5, 0.6) is 0 Å². The first-order chi connectivity index (χ1) is 16.5. The number of rotatable bonds is 7. The van der Waals surface area contributed by atoms with Crippen LogP contribution in [0, 0.1) is 20.2 Å². The standard InChI is InChI=1S/C24H23N5O5/c30-28(31)22-8-4-18(5-9-22)14-20-6-7-21(24(20)27-10-12-34-13-11-27)17-26-25-16-19-2-1-3-23(15-19)29(32)33/h1-5,8-9,14-17H,6-7,10-13H2. The van der Waals surface area contributed by atoms with Gasteiger partial charge in [-0.05, 0) is 47.8 Å². The molecule has 0 saturated carbocycles. The predicted molar refractivity (Wildman–Crippen MR) is 129 cm³/mol. The van der Waals surface area contributed by atoms with E-state index in [0.717, 1.165) is 48.3 Å². The minimum absolute atomic E-state index is 0.00191. The highest BCUT2D eigenvalue weighted by Gasteiger charge is 2.25. The molecule has 4 rings (SSSR count). The molecule has 2 aromatic carbocycles. The number of hydrogen-bond donors (Lipinski definition) is 0. The van der Waals surface area contributed by atoms with Crippen molar-refractivity contribution in [3.8, 4) is 0 Å². The van der Waals surface area contributed by atoms with Crippen LogP contribution in [-0.2, 0) is 4.74 Å². The summed E-state index contributed by atoms with van der Waals surface area (Å²) in [5, 5.41) is 30.1. The Kier molecular flexibility index (Phi) is 7.19. The van der Waals surface area contributed by atoms with Crippen molar-refractivity contribution in [2.45, 2.75) is 12.8 Å². The van der Waals surface area contributed by atoms with Gasteiger partial charge in [0.2, 0.25) is 0 Å². The van der Waals surface area contributed by atoms with Crippen molar-refractivity contribution in [3.05, 3.63) is 96.7 Å². The zero-order valence-corrected chi connectivity index (χ0v) is 18.4. The molecule has 2 aliphatic rings. The Labute approximate surface area is 195 Å². The molecule has 0 unspecified atom stereocenters. The van der Waals surface area contributed by atoms with Gasteiger partial charge >= 0.3 is 0 Å². The van der Waals surface area contributed by atoms with Gasteiger partial charge in [0.1, 0.15) is 0 Å². The molecule has 1 aliphatic heterocycles. The first-order valence-corrected chi connectivity index (χ1v) is 10.8. The third kappa shape index (κ3) is 5.59. The molecule has 174 valence electrons. The van der Waals surface area contributed by atoms with Gasteiger partial charge in [0, 0.05) is 48.6 Å². The number of allylic oxidation sites excluding steroid dienone is 2. The number of morpholine rings is 1. The topological polar surface area (TPSA) is 123 Å². The fourth-order valence-electron chi connectivity index (χ4n) is 3.99. The number of non-ortho nitro benzene ring substituents is 2. The van der Waals surface area contributed by atoms with Crippen LogP contribution in [0.4, 0.5) is 11.4 Å². The van der Waals surface area contributed by atoms with Crippen molar-refractivity contribution in [1.29, 1.82) is 0 Å². The second-order valence-electron chi connectivity index (χ2n) is 7.83. The summed E-state index contributed by atoms with van der Waals surface area (Å²) in [7, 11) is 0. The normalized spacial score (nSPS) is 17.9. The molecule has 0 aromatic heterocycles. The molecule has 34 heavy (non-hydrogen) atoms. The van der Waals surface area contributed by atoms with Crippen molar-refractivity contribution in [2.24, 2.45) is 10.2 Å². The van der Waals surface area contributed by atoms with E-state index >= 15 is 0 Å². The van der Waals surface area contributed by atoms with E-state index in [0.29, 0.717) is 18.8 Å². The summed E-state index contributed by atoms with van der Waals surface area (Å²) in [5.74, 6) is 0. The van der Waals surface area contributed by atoms with Gasteiger partial charge in [-0.2, -0.15) is 10.2 Å². The first kappa shape index (κ1) is 23.0. The predicted octanol–water partition coefficient (Wildman–Crippen LogP) is 4.37. The van der Waals surface area contributed by atoms with Gasteiger partial charge in [-0.15, -0.1) is 0 Å². The Hall–Kier alpha value is -4.18. The number of benzene rings is 2. The summed E-state index contributed by atoms with van der Waals surface area (Å²) in [5.41, 5.74) is 4.84. The lowest BCUT2D eigenvalue weighted by Gasteiger charge is -2.31. The lowest BCUT2D eigenvalue weighted by atomic mass is 10.1. The zero-order chi connectivity index (χ0) is 23.9. The molecule has 0 atom stereocenters. The molecule has 10 heteroatoms. The Morgan fingerprint density at radius 3 is 2.26 bits per heavy atom. The minimum Gasteiger partial charge on any atom is -0.378 e. The lowest BCUT2D eigenvalue weighted by molar-refractivity contribution is -0.385. The van der Waals surface area contributed by atoms with Crippen molar-refractivity contribution in [3.63, 3.8) is 0 Å². The van der Waals surface area contributed by atoms with Crippen LogP contribution < -0.4 is 0 Å². The Morgan fingerprint density at radius 1 is 0.853 bits per heavy atom. The molecule has 1 aliphatic carbocycles. The number of hydrogen-bond acceptors (Lipinski definition) is 8. The number of ether oxygens (including phenoxy) is 1. The summed E-state index contributed by atoms with van der Waals surface area (Å²) >= 11 is 0. The zero-order valence-electron chi connectivity index (χ0n) is 18.4. The van der Waals surface area contributed by atoms with Crippen LogP contribution in [0.3, 0.4) is 0 Å². The minimum atomic E-state index is -0.447. The molecule has 0 amide bonds. The van der Waals surface area contributed by atoms with E-state index in [2.05, 4.69) is 21.2 Å². The molecule has 0 N–H and O–H groups in total. The van der Waals surface area contributed by atoms with Gasteiger partial charge in [-0.3, -0.25) is 20.2 Å². The summed E-state index contributed by atoms with van der Waals surface area (Å²) in [6.07, 6.45) is 6.89. The fraction of sp³-hybridized carbons (Fsp3) is 0.250. The molecule has 1 saturated heterocycles. The lowest BCUT2D eigenvalue weighted by Crippen LogP contribution is -2.36. The summed E-state index contributed by atoms with van der Waals surface area (Å²) in [4.78, 5) is 23.3. The molecule has 0 spiro atoms. The third-order valence-electron chi connectivity index (χ3n) is 5.61. The van der Waals surface area contributed by atoms with Crippen LogP contribution in [0.2, 0.25) is 0 Å². The molecular weight excluding hydrogens is 438 g/mol. The van der Waals surface area contributed by atoms with Crippen LogP contribution in [0.1, 0.15) is 24.0 Å². The molecule has 1 fully saturated rings. The maximum atomic E-state index is 10.9. The van der Waals surface area contributed by atoms with E-state index in [1.54, 1.807) is 30.5 Å². The van der Waals surface area contributed by atoms with Crippen molar-refractivity contribution in [2.75, 3.05) is 26.3 Å². The van der Waals surface area contributed by atoms with Gasteiger partial charge in [0.05, 0.1) is 35.5 Å². The summed E-state index contributed by atoms with van der Waals surface area (Å²) < 4.78 is 5.50. The highest BCUT2D eigenvalue weighted by Crippen LogP contribution is 2.35. The smallest absolute Gasteiger partial charge is 0.270 e. The Balaban J connectivity index is 1.58. The van der Waals surface area contributed by atoms with Gasteiger partial charge < -0.3 is 9.64 Å². The monoisotopic (exact) mass is 461 g/mol.